The lowest BCUT2D eigenvalue weighted by Gasteiger charge is -2.27. The second-order valence-corrected chi connectivity index (χ2v) is 6.18. The summed E-state index contributed by atoms with van der Waals surface area (Å²) in [5.74, 6) is 1.28. The second kappa shape index (κ2) is 5.95. The Morgan fingerprint density at radius 2 is 2.06 bits per heavy atom. The zero-order valence-electron chi connectivity index (χ0n) is 9.36. The van der Waals surface area contributed by atoms with Gasteiger partial charge < -0.3 is 5.73 Å². The average Bonchev–Trinajstić information content (AvgIpc) is 2.33. The Labute approximate surface area is 107 Å². The zero-order chi connectivity index (χ0) is 11.4. The Morgan fingerprint density at radius 1 is 1.31 bits per heavy atom. The zero-order valence-corrected chi connectivity index (χ0v) is 10.9. The molecule has 0 aromatic heterocycles. The van der Waals surface area contributed by atoms with Crippen LogP contribution in [0.3, 0.4) is 0 Å². The molecule has 1 heterocycles. The molecule has 0 aliphatic carbocycles. The van der Waals surface area contributed by atoms with Crippen molar-refractivity contribution in [1.82, 2.24) is 0 Å². The van der Waals surface area contributed by atoms with Gasteiger partial charge >= 0.3 is 0 Å². The maximum Gasteiger partial charge on any atom is 0.0406 e. The fourth-order valence-corrected chi connectivity index (χ4v) is 3.60. The highest BCUT2D eigenvalue weighted by molar-refractivity contribution is 8.00. The van der Waals surface area contributed by atoms with Crippen LogP contribution in [0.25, 0.3) is 0 Å². The van der Waals surface area contributed by atoms with Gasteiger partial charge in [-0.25, -0.2) is 0 Å². The fourth-order valence-electron chi connectivity index (χ4n) is 2.13. The lowest BCUT2D eigenvalue weighted by atomic mass is 10.0. The number of thioether (sulfide) groups is 1. The third-order valence-electron chi connectivity index (χ3n) is 3.08. The number of nitrogens with two attached hydrogens (primary N) is 1. The summed E-state index contributed by atoms with van der Waals surface area (Å²) in [6, 6.07) is 8.33. The van der Waals surface area contributed by atoms with E-state index in [-0.39, 0.29) is 6.04 Å². The molecule has 1 saturated heterocycles. The van der Waals surface area contributed by atoms with E-state index < -0.39 is 0 Å². The molecule has 0 spiro atoms. The van der Waals surface area contributed by atoms with Crippen LogP contribution in [0.5, 0.6) is 0 Å². The van der Waals surface area contributed by atoms with Gasteiger partial charge in [0.15, 0.2) is 0 Å². The third-order valence-corrected chi connectivity index (χ3v) is 4.87. The van der Waals surface area contributed by atoms with Gasteiger partial charge in [0, 0.05) is 16.3 Å². The van der Waals surface area contributed by atoms with Crippen LogP contribution in [0.2, 0.25) is 5.02 Å². The Hall–Kier alpha value is -0.180. The normalized spacial score (nSPS) is 23.0. The minimum absolute atomic E-state index is 0.284. The smallest absolute Gasteiger partial charge is 0.0406 e. The van der Waals surface area contributed by atoms with Gasteiger partial charge in [0.05, 0.1) is 0 Å². The van der Waals surface area contributed by atoms with E-state index in [1.165, 1.54) is 30.6 Å². The Bertz CT molecular complexity index is 319. The molecule has 1 aliphatic rings. The first kappa shape index (κ1) is 12.3. The van der Waals surface area contributed by atoms with Gasteiger partial charge in [-0.2, -0.15) is 11.8 Å². The minimum atomic E-state index is 0.284. The second-order valence-electron chi connectivity index (χ2n) is 4.40. The standard InChI is InChI=1S/C13H18ClNS/c14-11-6-4-10(5-7-11)9-12(15)13-3-1-2-8-16-13/h4-7,12-13H,1-3,8-9,15H2. The van der Waals surface area contributed by atoms with Crippen LogP contribution in [0.4, 0.5) is 0 Å². The first-order valence-electron chi connectivity index (χ1n) is 5.87. The molecule has 2 atom stereocenters. The lowest BCUT2D eigenvalue weighted by molar-refractivity contribution is 0.559. The number of benzene rings is 1. The third kappa shape index (κ3) is 3.41. The molecule has 1 aliphatic heterocycles. The molecule has 88 valence electrons. The molecule has 1 aromatic carbocycles. The van der Waals surface area contributed by atoms with Crippen molar-refractivity contribution in [3.8, 4) is 0 Å². The van der Waals surface area contributed by atoms with Crippen molar-refractivity contribution in [2.24, 2.45) is 5.73 Å². The lowest BCUT2D eigenvalue weighted by Crippen LogP contribution is -2.36. The van der Waals surface area contributed by atoms with Crippen LogP contribution in [-0.2, 0) is 6.42 Å². The monoisotopic (exact) mass is 255 g/mol. The summed E-state index contributed by atoms with van der Waals surface area (Å²) < 4.78 is 0. The van der Waals surface area contributed by atoms with Crippen LogP contribution in [0.1, 0.15) is 24.8 Å². The maximum absolute atomic E-state index is 6.26. The van der Waals surface area contributed by atoms with Crippen molar-refractivity contribution in [2.45, 2.75) is 37.0 Å². The molecule has 16 heavy (non-hydrogen) atoms. The quantitative estimate of drug-likeness (QED) is 0.895. The molecular weight excluding hydrogens is 238 g/mol. The van der Waals surface area contributed by atoms with Crippen LogP contribution in [0, 0.1) is 0 Å². The van der Waals surface area contributed by atoms with E-state index in [9.17, 15) is 0 Å². The molecule has 2 N–H and O–H groups in total. The number of hydrogen-bond acceptors (Lipinski definition) is 2. The van der Waals surface area contributed by atoms with E-state index in [1.54, 1.807) is 0 Å². The van der Waals surface area contributed by atoms with Crippen molar-refractivity contribution in [1.29, 1.82) is 0 Å². The van der Waals surface area contributed by atoms with Crippen LogP contribution in [0.15, 0.2) is 24.3 Å². The topological polar surface area (TPSA) is 26.0 Å². The SMILES string of the molecule is NC(Cc1ccc(Cl)cc1)C1CCCCS1. The van der Waals surface area contributed by atoms with Crippen LogP contribution in [-0.4, -0.2) is 17.0 Å². The number of hydrogen-bond donors (Lipinski definition) is 1. The molecular formula is C13H18ClNS. The molecule has 2 rings (SSSR count). The van der Waals surface area contributed by atoms with Crippen molar-refractivity contribution in [3.63, 3.8) is 0 Å². The summed E-state index contributed by atoms with van der Waals surface area (Å²) in [7, 11) is 0. The van der Waals surface area contributed by atoms with Crippen molar-refractivity contribution in [3.05, 3.63) is 34.9 Å². The van der Waals surface area contributed by atoms with E-state index >= 15 is 0 Å². The Morgan fingerprint density at radius 3 is 2.69 bits per heavy atom. The molecule has 1 aromatic rings. The summed E-state index contributed by atoms with van der Waals surface area (Å²) in [6.45, 7) is 0. The summed E-state index contributed by atoms with van der Waals surface area (Å²) in [5.41, 5.74) is 7.56. The highest BCUT2D eigenvalue weighted by Gasteiger charge is 2.21. The van der Waals surface area contributed by atoms with Gasteiger partial charge in [0.1, 0.15) is 0 Å². The van der Waals surface area contributed by atoms with Gasteiger partial charge in [-0.1, -0.05) is 30.2 Å². The van der Waals surface area contributed by atoms with Gasteiger partial charge in [0.25, 0.3) is 0 Å². The number of halogens is 1. The van der Waals surface area contributed by atoms with Crippen molar-refractivity contribution in [2.75, 3.05) is 5.75 Å². The predicted molar refractivity (Wildman–Crippen MR) is 73.2 cm³/mol. The predicted octanol–water partition coefficient (Wildman–Crippen LogP) is 3.50. The van der Waals surface area contributed by atoms with Crippen LogP contribution >= 0.6 is 23.4 Å². The Kier molecular flexibility index (Phi) is 4.56. The molecule has 0 bridgehead atoms. The van der Waals surface area contributed by atoms with Gasteiger partial charge in [-0.05, 0) is 42.7 Å². The van der Waals surface area contributed by atoms with Gasteiger partial charge in [-0.15, -0.1) is 0 Å². The highest BCUT2D eigenvalue weighted by atomic mass is 35.5. The largest absolute Gasteiger partial charge is 0.326 e. The minimum Gasteiger partial charge on any atom is -0.326 e. The molecule has 0 amide bonds. The average molecular weight is 256 g/mol. The molecule has 0 radical (unpaired) electrons. The van der Waals surface area contributed by atoms with Gasteiger partial charge in [-0.3, -0.25) is 0 Å². The molecule has 3 heteroatoms. The first-order valence-corrected chi connectivity index (χ1v) is 7.30. The molecule has 2 unspecified atom stereocenters. The maximum atomic E-state index is 6.26. The summed E-state index contributed by atoms with van der Waals surface area (Å²) in [5, 5.41) is 1.44. The Balaban J connectivity index is 1.90. The molecule has 1 fully saturated rings. The summed E-state index contributed by atoms with van der Waals surface area (Å²) in [6.07, 6.45) is 4.94. The van der Waals surface area contributed by atoms with Crippen molar-refractivity contribution < 1.29 is 0 Å². The molecule has 1 nitrogen and oxygen atoms in total. The number of rotatable bonds is 3. The van der Waals surface area contributed by atoms with Crippen LogP contribution < -0.4 is 5.73 Å². The first-order chi connectivity index (χ1) is 7.75. The highest BCUT2D eigenvalue weighted by Crippen LogP contribution is 2.28. The fraction of sp³-hybridized carbons (Fsp3) is 0.538. The van der Waals surface area contributed by atoms with Gasteiger partial charge in [0.2, 0.25) is 0 Å². The van der Waals surface area contributed by atoms with E-state index in [0.29, 0.717) is 5.25 Å². The van der Waals surface area contributed by atoms with E-state index in [0.717, 1.165) is 11.4 Å². The van der Waals surface area contributed by atoms with Crippen molar-refractivity contribution >= 4 is 23.4 Å². The van der Waals surface area contributed by atoms with E-state index in [2.05, 4.69) is 12.1 Å². The van der Waals surface area contributed by atoms with E-state index in [4.69, 9.17) is 17.3 Å². The molecule has 0 saturated carbocycles. The summed E-state index contributed by atoms with van der Waals surface area (Å²) >= 11 is 7.90. The summed E-state index contributed by atoms with van der Waals surface area (Å²) in [4.78, 5) is 0. The van der Waals surface area contributed by atoms with E-state index in [1.807, 2.05) is 23.9 Å².